The Hall–Kier alpha value is -1.59. The highest BCUT2D eigenvalue weighted by Gasteiger charge is 2.16. The van der Waals surface area contributed by atoms with Crippen molar-refractivity contribution >= 4 is 11.5 Å². The Morgan fingerprint density at radius 3 is 2.69 bits per heavy atom. The fourth-order valence-electron chi connectivity index (χ4n) is 1.57. The van der Waals surface area contributed by atoms with Gasteiger partial charge in [-0.05, 0) is 6.42 Å². The molecular formula is C10H18N4O2. The monoisotopic (exact) mass is 226 g/mol. The first kappa shape index (κ1) is 12.5. The molecule has 0 aliphatic rings. The predicted molar refractivity (Wildman–Crippen MR) is 62.1 cm³/mol. The van der Waals surface area contributed by atoms with Crippen molar-refractivity contribution < 1.29 is 4.92 Å². The van der Waals surface area contributed by atoms with E-state index in [1.165, 1.54) is 30.1 Å². The highest BCUT2D eigenvalue weighted by molar-refractivity contribution is 5.51. The van der Waals surface area contributed by atoms with Crippen molar-refractivity contribution in [3.05, 3.63) is 16.3 Å². The van der Waals surface area contributed by atoms with Gasteiger partial charge < -0.3 is 5.73 Å². The van der Waals surface area contributed by atoms with E-state index in [1.807, 2.05) is 0 Å². The summed E-state index contributed by atoms with van der Waals surface area (Å²) in [6, 6.07) is 0. The van der Waals surface area contributed by atoms with Gasteiger partial charge in [0.05, 0.1) is 4.92 Å². The third-order valence-electron chi connectivity index (χ3n) is 2.53. The summed E-state index contributed by atoms with van der Waals surface area (Å²) in [5, 5.41) is 14.4. The second-order valence-electron chi connectivity index (χ2n) is 3.81. The van der Waals surface area contributed by atoms with Crippen LogP contribution in [0.4, 0.5) is 11.5 Å². The lowest BCUT2D eigenvalue weighted by molar-refractivity contribution is -0.384. The zero-order chi connectivity index (χ0) is 12.0. The van der Waals surface area contributed by atoms with Crippen LogP contribution >= 0.6 is 0 Å². The van der Waals surface area contributed by atoms with Gasteiger partial charge >= 0.3 is 5.69 Å². The molecule has 6 nitrogen and oxygen atoms in total. The smallest absolute Gasteiger partial charge is 0.330 e. The van der Waals surface area contributed by atoms with Gasteiger partial charge in [-0.1, -0.05) is 32.6 Å². The van der Waals surface area contributed by atoms with E-state index in [9.17, 15) is 10.1 Å². The molecule has 0 amide bonds. The fraction of sp³-hybridized carbons (Fsp3) is 0.700. The number of unbranched alkanes of at least 4 members (excludes halogenated alkanes) is 4. The first-order valence-corrected chi connectivity index (χ1v) is 5.62. The van der Waals surface area contributed by atoms with Crippen molar-refractivity contribution in [2.75, 3.05) is 5.73 Å². The molecule has 1 rings (SSSR count). The molecular weight excluding hydrogens is 208 g/mol. The number of nitrogen functional groups attached to an aromatic ring is 1. The molecule has 0 bridgehead atoms. The van der Waals surface area contributed by atoms with E-state index in [1.54, 1.807) is 0 Å². The summed E-state index contributed by atoms with van der Waals surface area (Å²) in [5.74, 6) is 0.153. The van der Waals surface area contributed by atoms with Gasteiger partial charge in [0.1, 0.15) is 6.20 Å². The third-order valence-corrected chi connectivity index (χ3v) is 2.53. The Labute approximate surface area is 94.6 Å². The number of anilines is 1. The van der Waals surface area contributed by atoms with Gasteiger partial charge in [0, 0.05) is 6.54 Å². The predicted octanol–water partition coefficient (Wildman–Crippen LogP) is 2.34. The van der Waals surface area contributed by atoms with Crippen molar-refractivity contribution in [2.24, 2.45) is 0 Å². The number of rotatable bonds is 7. The van der Waals surface area contributed by atoms with E-state index in [0.717, 1.165) is 12.8 Å². The molecule has 1 aromatic rings. The minimum absolute atomic E-state index is 0.103. The molecule has 2 N–H and O–H groups in total. The molecule has 0 atom stereocenters. The molecule has 0 unspecified atom stereocenters. The highest BCUT2D eigenvalue weighted by atomic mass is 16.6. The summed E-state index contributed by atoms with van der Waals surface area (Å²) in [4.78, 5) is 10.0. The molecule has 0 spiro atoms. The van der Waals surface area contributed by atoms with E-state index >= 15 is 0 Å². The van der Waals surface area contributed by atoms with Crippen molar-refractivity contribution in [1.82, 2.24) is 9.78 Å². The number of nitrogens with zero attached hydrogens (tertiary/aromatic N) is 3. The van der Waals surface area contributed by atoms with Gasteiger partial charge in [0.2, 0.25) is 5.82 Å². The van der Waals surface area contributed by atoms with Crippen LogP contribution in [0.25, 0.3) is 0 Å². The van der Waals surface area contributed by atoms with Crippen LogP contribution in [0.2, 0.25) is 0 Å². The van der Waals surface area contributed by atoms with E-state index in [-0.39, 0.29) is 11.5 Å². The Morgan fingerprint density at radius 1 is 1.44 bits per heavy atom. The first-order chi connectivity index (χ1) is 7.66. The minimum Gasteiger partial charge on any atom is -0.378 e. The molecule has 1 aromatic heterocycles. The Morgan fingerprint density at radius 2 is 2.12 bits per heavy atom. The quantitative estimate of drug-likeness (QED) is 0.439. The average molecular weight is 226 g/mol. The number of aryl methyl sites for hydroxylation is 1. The van der Waals surface area contributed by atoms with Crippen LogP contribution in [0.5, 0.6) is 0 Å². The van der Waals surface area contributed by atoms with Crippen molar-refractivity contribution in [3.63, 3.8) is 0 Å². The number of nitro groups is 1. The maximum atomic E-state index is 10.5. The van der Waals surface area contributed by atoms with Crippen molar-refractivity contribution in [3.8, 4) is 0 Å². The molecule has 0 aliphatic carbocycles. The molecule has 0 aromatic carbocycles. The normalized spacial score (nSPS) is 10.6. The Bertz CT molecular complexity index is 349. The molecule has 0 fully saturated rings. The summed E-state index contributed by atoms with van der Waals surface area (Å²) in [6.45, 7) is 2.82. The van der Waals surface area contributed by atoms with Crippen LogP contribution in [0.15, 0.2) is 6.20 Å². The molecule has 0 saturated carbocycles. The van der Waals surface area contributed by atoms with E-state index < -0.39 is 4.92 Å². The summed E-state index contributed by atoms with van der Waals surface area (Å²) >= 11 is 0. The van der Waals surface area contributed by atoms with Crippen LogP contribution in [-0.4, -0.2) is 14.7 Å². The van der Waals surface area contributed by atoms with E-state index in [4.69, 9.17) is 5.73 Å². The van der Waals surface area contributed by atoms with Gasteiger partial charge in [-0.15, -0.1) is 0 Å². The van der Waals surface area contributed by atoms with E-state index in [0.29, 0.717) is 6.54 Å². The zero-order valence-electron chi connectivity index (χ0n) is 9.56. The topological polar surface area (TPSA) is 87.0 Å². The van der Waals surface area contributed by atoms with E-state index in [2.05, 4.69) is 12.0 Å². The van der Waals surface area contributed by atoms with Gasteiger partial charge in [-0.25, -0.2) is 4.68 Å². The molecule has 1 heterocycles. The van der Waals surface area contributed by atoms with Crippen LogP contribution in [-0.2, 0) is 6.54 Å². The maximum Gasteiger partial charge on any atom is 0.330 e. The molecule has 6 heteroatoms. The number of nitrogens with two attached hydrogens (primary N) is 1. The highest BCUT2D eigenvalue weighted by Crippen LogP contribution is 2.20. The lowest BCUT2D eigenvalue weighted by atomic mass is 10.1. The molecule has 0 saturated heterocycles. The molecule has 90 valence electrons. The Balaban J connectivity index is 2.40. The minimum atomic E-state index is -0.504. The average Bonchev–Trinajstić information content (AvgIpc) is 2.60. The molecule has 0 radical (unpaired) electrons. The first-order valence-electron chi connectivity index (χ1n) is 5.62. The number of hydrogen-bond donors (Lipinski definition) is 1. The Kier molecular flexibility index (Phi) is 4.75. The second-order valence-corrected chi connectivity index (χ2v) is 3.81. The second kappa shape index (κ2) is 6.09. The van der Waals surface area contributed by atoms with Gasteiger partial charge in [-0.3, -0.25) is 10.1 Å². The third kappa shape index (κ3) is 3.22. The summed E-state index contributed by atoms with van der Waals surface area (Å²) in [6.07, 6.45) is 6.91. The fourth-order valence-corrected chi connectivity index (χ4v) is 1.57. The van der Waals surface area contributed by atoms with Crippen LogP contribution < -0.4 is 5.73 Å². The summed E-state index contributed by atoms with van der Waals surface area (Å²) in [7, 11) is 0. The standard InChI is InChI=1S/C10H18N4O2/c1-2-3-4-5-6-7-13-10(11)9(8-12-13)14(15)16/h8H,2-7,11H2,1H3. The number of hydrogen-bond acceptors (Lipinski definition) is 4. The van der Waals surface area contributed by atoms with Crippen LogP contribution in [0.1, 0.15) is 39.0 Å². The van der Waals surface area contributed by atoms with Gasteiger partial charge in [0.15, 0.2) is 0 Å². The molecule has 16 heavy (non-hydrogen) atoms. The lowest BCUT2D eigenvalue weighted by Gasteiger charge is -2.02. The summed E-state index contributed by atoms with van der Waals surface area (Å²) < 4.78 is 1.50. The van der Waals surface area contributed by atoms with Crippen molar-refractivity contribution in [1.29, 1.82) is 0 Å². The van der Waals surface area contributed by atoms with Crippen LogP contribution in [0.3, 0.4) is 0 Å². The molecule has 0 aliphatic heterocycles. The lowest BCUT2D eigenvalue weighted by Crippen LogP contribution is -2.05. The van der Waals surface area contributed by atoms with Crippen molar-refractivity contribution in [2.45, 2.75) is 45.6 Å². The zero-order valence-corrected chi connectivity index (χ0v) is 9.56. The number of aromatic nitrogens is 2. The van der Waals surface area contributed by atoms with Crippen LogP contribution in [0, 0.1) is 10.1 Å². The van der Waals surface area contributed by atoms with Gasteiger partial charge in [-0.2, -0.15) is 5.10 Å². The SMILES string of the molecule is CCCCCCCn1ncc([N+](=O)[O-])c1N. The maximum absolute atomic E-state index is 10.5. The van der Waals surface area contributed by atoms with Gasteiger partial charge in [0.25, 0.3) is 0 Å². The summed E-state index contributed by atoms with van der Waals surface area (Å²) in [5.41, 5.74) is 5.50. The largest absolute Gasteiger partial charge is 0.378 e.